The Hall–Kier alpha value is -3.31. The van der Waals surface area contributed by atoms with Crippen LogP contribution in [0.5, 0.6) is 0 Å². The van der Waals surface area contributed by atoms with Crippen molar-refractivity contribution >= 4 is 21.7 Å². The van der Waals surface area contributed by atoms with Crippen molar-refractivity contribution in [3.05, 3.63) is 63.2 Å². The van der Waals surface area contributed by atoms with Crippen molar-refractivity contribution in [1.29, 1.82) is 0 Å². The molecule has 1 aliphatic heterocycles. The number of benzene rings is 1. The van der Waals surface area contributed by atoms with Crippen LogP contribution in [0.2, 0.25) is 0 Å². The second-order valence-electron chi connectivity index (χ2n) is 9.04. The number of carbonyl (C=O) groups excluding carboxylic acids is 1. The lowest BCUT2D eigenvalue weighted by Gasteiger charge is -2.15. The van der Waals surface area contributed by atoms with E-state index in [0.717, 1.165) is 31.4 Å². The molecule has 5 rings (SSSR count). The summed E-state index contributed by atoms with van der Waals surface area (Å²) >= 11 is 0. The minimum atomic E-state index is -3.55. The molecule has 1 amide bonds. The first-order valence-electron chi connectivity index (χ1n) is 11.9. The molecule has 1 aliphatic carbocycles. The first kappa shape index (κ1) is 23.4. The summed E-state index contributed by atoms with van der Waals surface area (Å²) in [6.45, 7) is 4.71. The van der Waals surface area contributed by atoms with E-state index in [0.29, 0.717) is 48.1 Å². The number of carbonyl (C=O) groups is 1. The summed E-state index contributed by atoms with van der Waals surface area (Å²) in [7, 11) is -3.55. The van der Waals surface area contributed by atoms with Crippen molar-refractivity contribution < 1.29 is 13.2 Å². The van der Waals surface area contributed by atoms with Crippen LogP contribution in [-0.2, 0) is 16.4 Å². The third-order valence-corrected chi connectivity index (χ3v) is 8.46. The van der Waals surface area contributed by atoms with Crippen LogP contribution in [0, 0.1) is 6.92 Å². The largest absolute Gasteiger partial charge is 0.306 e. The van der Waals surface area contributed by atoms with Gasteiger partial charge in [-0.1, -0.05) is 6.92 Å². The third-order valence-electron chi connectivity index (χ3n) is 6.55. The molecule has 1 saturated carbocycles. The van der Waals surface area contributed by atoms with Crippen molar-refractivity contribution in [2.24, 2.45) is 0 Å². The molecule has 0 unspecified atom stereocenters. The van der Waals surface area contributed by atoms with Gasteiger partial charge >= 0.3 is 0 Å². The molecule has 1 aromatic carbocycles. The number of aryl methyl sites for hydroxylation is 1. The van der Waals surface area contributed by atoms with Gasteiger partial charge in [0.15, 0.2) is 0 Å². The summed E-state index contributed by atoms with van der Waals surface area (Å²) in [5.74, 6) is 0.531. The van der Waals surface area contributed by atoms with Crippen LogP contribution in [0.25, 0.3) is 5.95 Å². The van der Waals surface area contributed by atoms with Gasteiger partial charge < -0.3 is 5.32 Å². The number of amides is 1. The molecule has 2 N–H and O–H groups in total. The summed E-state index contributed by atoms with van der Waals surface area (Å²) in [6.07, 6.45) is 4.33. The standard InChI is InChI=1S/C24H28N6O4S/c1-3-19-15(2)25-24(27-23(19)32)30-21(14-20(28-30)16-6-7-16)26-22(31)17-8-10-18(11-9-17)35(33,34)29-12-4-5-13-29/h8-11,14,16H,3-7,12-13H2,1-2H3,(H,26,31)(H,25,27,32). The van der Waals surface area contributed by atoms with Gasteiger partial charge in [0.25, 0.3) is 11.5 Å². The molecule has 184 valence electrons. The molecule has 2 fully saturated rings. The Balaban J connectivity index is 1.42. The SMILES string of the molecule is CCc1c(C)nc(-n2nc(C3CC3)cc2NC(=O)c2ccc(S(=O)(=O)N3CCCC3)cc2)[nH]c1=O. The number of hydrogen-bond donors (Lipinski definition) is 2. The fourth-order valence-electron chi connectivity index (χ4n) is 4.39. The van der Waals surface area contributed by atoms with Crippen LogP contribution in [-0.4, -0.2) is 51.5 Å². The van der Waals surface area contributed by atoms with Crippen LogP contribution >= 0.6 is 0 Å². The number of nitrogens with one attached hydrogen (secondary N) is 2. The van der Waals surface area contributed by atoms with Crippen molar-refractivity contribution in [3.63, 3.8) is 0 Å². The van der Waals surface area contributed by atoms with Gasteiger partial charge in [-0.2, -0.15) is 14.1 Å². The number of anilines is 1. The van der Waals surface area contributed by atoms with Gasteiger partial charge in [-0.3, -0.25) is 14.6 Å². The summed E-state index contributed by atoms with van der Waals surface area (Å²) in [4.78, 5) is 33.0. The van der Waals surface area contributed by atoms with Crippen LogP contribution < -0.4 is 10.9 Å². The average Bonchev–Trinajstić information content (AvgIpc) is 3.35. The van der Waals surface area contributed by atoms with Gasteiger partial charge in [-0.25, -0.2) is 13.4 Å². The zero-order valence-electron chi connectivity index (χ0n) is 19.7. The molecule has 3 aromatic rings. The lowest BCUT2D eigenvalue weighted by molar-refractivity contribution is 0.102. The van der Waals surface area contributed by atoms with Crippen molar-refractivity contribution in [2.45, 2.75) is 56.8 Å². The Bertz CT molecular complexity index is 1430. The number of rotatable bonds is 7. The predicted molar refractivity (Wildman–Crippen MR) is 130 cm³/mol. The Morgan fingerprint density at radius 1 is 1.17 bits per heavy atom. The molecule has 1 saturated heterocycles. The van der Waals surface area contributed by atoms with E-state index in [1.54, 1.807) is 13.0 Å². The summed E-state index contributed by atoms with van der Waals surface area (Å²) in [6, 6.07) is 7.72. The van der Waals surface area contributed by atoms with E-state index >= 15 is 0 Å². The van der Waals surface area contributed by atoms with Crippen molar-refractivity contribution in [2.75, 3.05) is 18.4 Å². The quantitative estimate of drug-likeness (QED) is 0.517. The Morgan fingerprint density at radius 3 is 2.46 bits per heavy atom. The monoisotopic (exact) mass is 496 g/mol. The van der Waals surface area contributed by atoms with Crippen molar-refractivity contribution in [1.82, 2.24) is 24.1 Å². The van der Waals surface area contributed by atoms with E-state index in [4.69, 9.17) is 0 Å². The average molecular weight is 497 g/mol. The maximum absolute atomic E-state index is 13.0. The molecule has 35 heavy (non-hydrogen) atoms. The fourth-order valence-corrected chi connectivity index (χ4v) is 5.90. The summed E-state index contributed by atoms with van der Waals surface area (Å²) in [5.41, 5.74) is 2.13. The maximum Gasteiger partial charge on any atom is 0.256 e. The van der Waals surface area contributed by atoms with Crippen LogP contribution in [0.3, 0.4) is 0 Å². The highest BCUT2D eigenvalue weighted by Crippen LogP contribution is 2.40. The van der Waals surface area contributed by atoms with Gasteiger partial charge in [0.1, 0.15) is 5.82 Å². The molecule has 0 radical (unpaired) electrons. The van der Waals surface area contributed by atoms with Gasteiger partial charge in [0, 0.05) is 41.9 Å². The zero-order valence-corrected chi connectivity index (χ0v) is 20.6. The van der Waals surface area contributed by atoms with E-state index in [-0.39, 0.29) is 16.4 Å². The molecule has 0 spiro atoms. The van der Waals surface area contributed by atoms with Gasteiger partial charge in [0.05, 0.1) is 10.6 Å². The topological polar surface area (TPSA) is 130 Å². The number of aromatic amines is 1. The van der Waals surface area contributed by atoms with E-state index < -0.39 is 15.9 Å². The molecule has 11 heteroatoms. The first-order valence-corrected chi connectivity index (χ1v) is 13.3. The number of nitrogens with zero attached hydrogens (tertiary/aromatic N) is 4. The van der Waals surface area contributed by atoms with Gasteiger partial charge in [-0.05, 0) is 63.3 Å². The molecular formula is C24H28N6O4S. The highest BCUT2D eigenvalue weighted by molar-refractivity contribution is 7.89. The van der Waals surface area contributed by atoms with E-state index in [1.165, 1.54) is 33.3 Å². The number of H-pyrrole nitrogens is 1. The smallest absolute Gasteiger partial charge is 0.256 e. The molecule has 0 bridgehead atoms. The summed E-state index contributed by atoms with van der Waals surface area (Å²) in [5, 5.41) is 7.45. The Labute approximate surface area is 203 Å². The fraction of sp³-hybridized carbons (Fsp3) is 0.417. The van der Waals surface area contributed by atoms with Gasteiger partial charge in [0.2, 0.25) is 16.0 Å². The molecule has 2 aliphatic rings. The second kappa shape index (κ2) is 9.04. The molecule has 2 aromatic heterocycles. The van der Waals surface area contributed by atoms with Crippen LogP contribution in [0.1, 0.15) is 65.8 Å². The molecule has 3 heterocycles. The lowest BCUT2D eigenvalue weighted by Crippen LogP contribution is -2.27. The highest BCUT2D eigenvalue weighted by atomic mass is 32.2. The summed E-state index contributed by atoms with van der Waals surface area (Å²) < 4.78 is 28.4. The minimum absolute atomic E-state index is 0.172. The van der Waals surface area contributed by atoms with Crippen molar-refractivity contribution in [3.8, 4) is 5.95 Å². The Morgan fingerprint density at radius 2 is 1.86 bits per heavy atom. The number of hydrogen-bond acceptors (Lipinski definition) is 6. The zero-order chi connectivity index (χ0) is 24.7. The third kappa shape index (κ3) is 4.53. The van der Waals surface area contributed by atoms with Crippen LogP contribution in [0.4, 0.5) is 5.82 Å². The van der Waals surface area contributed by atoms with E-state index in [9.17, 15) is 18.0 Å². The normalized spacial score (nSPS) is 16.5. The van der Waals surface area contributed by atoms with E-state index in [2.05, 4.69) is 20.4 Å². The maximum atomic E-state index is 13.0. The molecule has 0 atom stereocenters. The first-order chi connectivity index (χ1) is 16.8. The lowest BCUT2D eigenvalue weighted by atomic mass is 10.2. The van der Waals surface area contributed by atoms with Gasteiger partial charge in [-0.15, -0.1) is 0 Å². The second-order valence-corrected chi connectivity index (χ2v) is 11.0. The van der Waals surface area contributed by atoms with Crippen LogP contribution in [0.15, 0.2) is 40.0 Å². The van der Waals surface area contributed by atoms with E-state index in [1.807, 2.05) is 6.92 Å². The predicted octanol–water partition coefficient (Wildman–Crippen LogP) is 2.74. The molecular weight excluding hydrogens is 468 g/mol. The number of aromatic nitrogens is 4. The molecule has 10 nitrogen and oxygen atoms in total. The number of sulfonamides is 1. The Kier molecular flexibility index (Phi) is 6.06. The minimum Gasteiger partial charge on any atom is -0.306 e. The highest BCUT2D eigenvalue weighted by Gasteiger charge is 2.29.